The predicted octanol–water partition coefficient (Wildman–Crippen LogP) is 4.49. The Morgan fingerprint density at radius 2 is 1.97 bits per heavy atom. The number of ether oxygens (including phenoxy) is 1. The summed E-state index contributed by atoms with van der Waals surface area (Å²) in [5.41, 5.74) is -1.47. The summed E-state index contributed by atoms with van der Waals surface area (Å²) in [7, 11) is 1.42. The molecule has 0 saturated heterocycles. The van der Waals surface area contributed by atoms with Crippen LogP contribution in [-0.4, -0.2) is 38.1 Å². The molecule has 0 bridgehead atoms. The van der Waals surface area contributed by atoms with Crippen LogP contribution < -0.4 is 10.1 Å². The van der Waals surface area contributed by atoms with Crippen molar-refractivity contribution in [2.75, 3.05) is 5.32 Å². The summed E-state index contributed by atoms with van der Waals surface area (Å²) < 4.78 is 74.3. The Morgan fingerprint density at radius 3 is 2.55 bits per heavy atom. The van der Waals surface area contributed by atoms with Gasteiger partial charge in [0, 0.05) is 7.05 Å². The average molecular weight is 491 g/mol. The number of aromatic nitrogens is 3. The number of rotatable bonds is 6. The quantitative estimate of drug-likeness (QED) is 0.497. The Bertz CT molecular complexity index is 1180. The van der Waals surface area contributed by atoms with Gasteiger partial charge in [0.15, 0.2) is 17.8 Å². The Balaban J connectivity index is 2.09. The second-order valence-electron chi connectivity index (χ2n) is 6.81. The molecule has 0 aliphatic rings. The molecule has 1 heterocycles. The first-order chi connectivity index (χ1) is 15.4. The van der Waals surface area contributed by atoms with E-state index >= 15 is 0 Å². The second-order valence-corrected chi connectivity index (χ2v) is 7.22. The van der Waals surface area contributed by atoms with Crippen molar-refractivity contribution in [1.29, 1.82) is 0 Å². The molecule has 13 heteroatoms. The molecule has 176 valence electrons. The third-order valence-electron chi connectivity index (χ3n) is 4.52. The first kappa shape index (κ1) is 24.4. The average Bonchev–Trinajstić information content (AvgIpc) is 3.11. The van der Waals surface area contributed by atoms with E-state index in [-0.39, 0.29) is 22.2 Å². The maximum absolute atomic E-state index is 14.9. The number of hydrogen-bond acceptors (Lipinski definition) is 5. The Kier molecular flexibility index (Phi) is 6.89. The standard InChI is InChI=1S/C20H16ClF5N4O3/c1-9(20(24,25)26)33-15-7-10(18-27-16(8-31)30(2)29-18)14(23)6-11(15)19(32)28-17-12(21)4-3-5-13(17)22/h3-7,9,31H,8H2,1-2H3,(H,28,32). The highest BCUT2D eigenvalue weighted by atomic mass is 35.5. The van der Waals surface area contributed by atoms with Crippen LogP contribution in [0.1, 0.15) is 23.1 Å². The van der Waals surface area contributed by atoms with E-state index in [1.54, 1.807) is 0 Å². The van der Waals surface area contributed by atoms with Crippen molar-refractivity contribution < 1.29 is 36.6 Å². The van der Waals surface area contributed by atoms with E-state index < -0.39 is 53.4 Å². The van der Waals surface area contributed by atoms with Crippen molar-refractivity contribution in [3.05, 3.63) is 58.4 Å². The SMILES string of the molecule is CC(Oc1cc(-c2nc(CO)n(C)n2)c(F)cc1C(=O)Nc1c(F)cccc1Cl)C(F)(F)F. The molecule has 0 spiro atoms. The van der Waals surface area contributed by atoms with Crippen LogP contribution in [-0.2, 0) is 13.7 Å². The number of benzene rings is 2. The van der Waals surface area contributed by atoms with E-state index in [1.165, 1.54) is 19.2 Å². The van der Waals surface area contributed by atoms with Gasteiger partial charge in [0.25, 0.3) is 5.91 Å². The van der Waals surface area contributed by atoms with Crippen LogP contribution in [0.15, 0.2) is 30.3 Å². The molecule has 3 rings (SSSR count). The van der Waals surface area contributed by atoms with E-state index in [4.69, 9.17) is 16.3 Å². The minimum Gasteiger partial charge on any atom is -0.480 e. The number of halogens is 6. The molecule has 2 aromatic carbocycles. The van der Waals surface area contributed by atoms with Crippen molar-refractivity contribution in [1.82, 2.24) is 14.8 Å². The molecular weight excluding hydrogens is 475 g/mol. The van der Waals surface area contributed by atoms with E-state index in [0.717, 1.165) is 16.8 Å². The van der Waals surface area contributed by atoms with Crippen molar-refractivity contribution in [2.24, 2.45) is 7.05 Å². The zero-order valence-corrected chi connectivity index (χ0v) is 17.8. The lowest BCUT2D eigenvalue weighted by Gasteiger charge is -2.20. The Hall–Kier alpha value is -3.25. The second kappa shape index (κ2) is 9.32. The number of aliphatic hydroxyl groups is 1. The number of alkyl halides is 3. The summed E-state index contributed by atoms with van der Waals surface area (Å²) in [6, 6.07) is 5.00. The van der Waals surface area contributed by atoms with Crippen LogP contribution in [0.25, 0.3) is 11.4 Å². The first-order valence-corrected chi connectivity index (χ1v) is 9.63. The molecule has 0 saturated carbocycles. The summed E-state index contributed by atoms with van der Waals surface area (Å²) in [5, 5.41) is 15.1. The number of nitrogens with zero attached hydrogens (tertiary/aromatic N) is 3. The number of anilines is 1. The molecule has 1 unspecified atom stereocenters. The van der Waals surface area contributed by atoms with Crippen LogP contribution in [0.2, 0.25) is 5.02 Å². The smallest absolute Gasteiger partial charge is 0.425 e. The molecule has 2 N–H and O–H groups in total. The van der Waals surface area contributed by atoms with Crippen molar-refractivity contribution in [3.8, 4) is 17.1 Å². The molecule has 1 amide bonds. The fourth-order valence-corrected chi connectivity index (χ4v) is 2.93. The topological polar surface area (TPSA) is 89.3 Å². The van der Waals surface area contributed by atoms with Gasteiger partial charge in [-0.3, -0.25) is 9.48 Å². The third kappa shape index (κ3) is 5.22. The number of aryl methyl sites for hydroxylation is 1. The molecule has 7 nitrogen and oxygen atoms in total. The van der Waals surface area contributed by atoms with Gasteiger partial charge in [0.2, 0.25) is 0 Å². The molecular formula is C20H16ClF5N4O3. The fourth-order valence-electron chi connectivity index (χ4n) is 2.72. The third-order valence-corrected chi connectivity index (χ3v) is 4.83. The van der Waals surface area contributed by atoms with Gasteiger partial charge in [-0.2, -0.15) is 18.3 Å². The predicted molar refractivity (Wildman–Crippen MR) is 108 cm³/mol. The number of carbonyl (C=O) groups excluding carboxylic acids is 1. The summed E-state index contributed by atoms with van der Waals surface area (Å²) in [4.78, 5) is 16.7. The molecule has 0 radical (unpaired) electrons. The van der Waals surface area contributed by atoms with Gasteiger partial charge in [0.1, 0.15) is 24.0 Å². The van der Waals surface area contributed by atoms with Crippen LogP contribution in [0, 0.1) is 11.6 Å². The van der Waals surface area contributed by atoms with Gasteiger partial charge in [-0.05, 0) is 31.2 Å². The lowest BCUT2D eigenvalue weighted by atomic mass is 10.1. The van der Waals surface area contributed by atoms with Gasteiger partial charge >= 0.3 is 6.18 Å². The maximum Gasteiger partial charge on any atom is 0.425 e. The van der Waals surface area contributed by atoms with Gasteiger partial charge in [-0.1, -0.05) is 17.7 Å². The van der Waals surface area contributed by atoms with Crippen molar-refractivity contribution in [3.63, 3.8) is 0 Å². The summed E-state index contributed by atoms with van der Waals surface area (Å²) >= 11 is 5.86. The molecule has 0 fully saturated rings. The largest absolute Gasteiger partial charge is 0.480 e. The van der Waals surface area contributed by atoms with Gasteiger partial charge in [0.05, 0.1) is 21.8 Å². The lowest BCUT2D eigenvalue weighted by Crippen LogP contribution is -2.32. The van der Waals surface area contributed by atoms with Gasteiger partial charge in [-0.25, -0.2) is 13.8 Å². The van der Waals surface area contributed by atoms with Crippen LogP contribution >= 0.6 is 11.6 Å². The molecule has 0 aliphatic carbocycles. The van der Waals surface area contributed by atoms with Crippen molar-refractivity contribution >= 4 is 23.2 Å². The first-order valence-electron chi connectivity index (χ1n) is 9.25. The highest BCUT2D eigenvalue weighted by Gasteiger charge is 2.39. The molecule has 33 heavy (non-hydrogen) atoms. The van der Waals surface area contributed by atoms with Crippen LogP contribution in [0.3, 0.4) is 0 Å². The number of hydrogen-bond donors (Lipinski definition) is 2. The zero-order valence-electron chi connectivity index (χ0n) is 17.0. The summed E-state index contributed by atoms with van der Waals surface area (Å²) in [6.07, 6.45) is -7.17. The number of aliphatic hydroxyl groups excluding tert-OH is 1. The molecule has 1 atom stereocenters. The van der Waals surface area contributed by atoms with Crippen LogP contribution in [0.5, 0.6) is 5.75 Å². The summed E-state index contributed by atoms with van der Waals surface area (Å²) in [6.45, 7) is 0.171. The normalized spacial score (nSPS) is 12.5. The van der Waals surface area contributed by atoms with E-state index in [2.05, 4.69) is 15.4 Å². The Labute approximate surface area is 188 Å². The number of para-hydroxylation sites is 1. The van der Waals surface area contributed by atoms with E-state index in [0.29, 0.717) is 13.0 Å². The number of nitrogens with one attached hydrogen (secondary N) is 1. The minimum atomic E-state index is -4.80. The fraction of sp³-hybridized carbons (Fsp3) is 0.250. The van der Waals surface area contributed by atoms with Gasteiger partial charge in [-0.15, -0.1) is 0 Å². The lowest BCUT2D eigenvalue weighted by molar-refractivity contribution is -0.189. The maximum atomic E-state index is 14.9. The molecule has 3 aromatic rings. The van der Waals surface area contributed by atoms with Gasteiger partial charge < -0.3 is 15.2 Å². The zero-order chi connectivity index (χ0) is 24.5. The van der Waals surface area contributed by atoms with E-state index in [1.807, 2.05) is 0 Å². The monoisotopic (exact) mass is 490 g/mol. The molecule has 1 aromatic heterocycles. The summed E-state index contributed by atoms with van der Waals surface area (Å²) in [5.74, 6) is -3.99. The number of carbonyl (C=O) groups is 1. The van der Waals surface area contributed by atoms with Crippen molar-refractivity contribution in [2.45, 2.75) is 25.8 Å². The number of amides is 1. The van der Waals surface area contributed by atoms with E-state index in [9.17, 15) is 31.9 Å². The Morgan fingerprint density at radius 1 is 1.27 bits per heavy atom. The highest BCUT2D eigenvalue weighted by molar-refractivity contribution is 6.34. The minimum absolute atomic E-state index is 0.0616. The molecule has 0 aliphatic heterocycles. The van der Waals surface area contributed by atoms with Crippen LogP contribution in [0.4, 0.5) is 27.6 Å². The highest BCUT2D eigenvalue weighted by Crippen LogP contribution is 2.34.